The van der Waals surface area contributed by atoms with Crippen LogP contribution in [-0.2, 0) is 4.79 Å². The van der Waals surface area contributed by atoms with Crippen LogP contribution in [-0.4, -0.2) is 24.2 Å². The lowest BCUT2D eigenvalue weighted by Gasteiger charge is -2.25. The summed E-state index contributed by atoms with van der Waals surface area (Å²) in [6.07, 6.45) is 3.12. The molecule has 0 aliphatic carbocycles. The molecule has 0 aliphatic rings. The fraction of sp³-hybridized carbons (Fsp3) is 0.286. The highest BCUT2D eigenvalue weighted by atomic mass is 16.4. The predicted molar refractivity (Wildman–Crippen MR) is 71.2 cm³/mol. The zero-order chi connectivity index (χ0) is 13.5. The summed E-state index contributed by atoms with van der Waals surface area (Å²) in [5.41, 5.74) is 1.84. The Labute approximate surface area is 107 Å². The van der Waals surface area contributed by atoms with E-state index < -0.39 is 5.97 Å². The van der Waals surface area contributed by atoms with Crippen LogP contribution in [0.5, 0.6) is 0 Å². The number of carboxylic acids is 1. The van der Waals surface area contributed by atoms with E-state index in [0.717, 1.165) is 17.3 Å². The summed E-state index contributed by atoms with van der Waals surface area (Å²) in [5, 5.41) is 17.2. The zero-order valence-corrected chi connectivity index (χ0v) is 10.5. The first-order valence-corrected chi connectivity index (χ1v) is 5.65. The molecule has 0 aliphatic heterocycles. The molecule has 4 nitrogen and oxygen atoms in total. The summed E-state index contributed by atoms with van der Waals surface area (Å²) in [6.45, 7) is 1.99. The largest absolute Gasteiger partial charge is 0.478 e. The number of rotatable bonds is 5. The minimum atomic E-state index is -0.959. The van der Waals surface area contributed by atoms with Gasteiger partial charge in [0.1, 0.15) is 0 Å². The number of hydrogen-bond donors (Lipinski definition) is 1. The van der Waals surface area contributed by atoms with Gasteiger partial charge in [-0.2, -0.15) is 5.26 Å². The summed E-state index contributed by atoms with van der Waals surface area (Å²) in [5.74, 6) is -0.959. The average molecular weight is 244 g/mol. The van der Waals surface area contributed by atoms with E-state index in [1.165, 1.54) is 0 Å². The second-order valence-corrected chi connectivity index (χ2v) is 4.09. The number of benzene rings is 1. The summed E-state index contributed by atoms with van der Waals surface area (Å²) in [4.78, 5) is 12.4. The van der Waals surface area contributed by atoms with Gasteiger partial charge >= 0.3 is 5.97 Å². The van der Waals surface area contributed by atoms with E-state index in [2.05, 4.69) is 6.07 Å². The Kier molecular flexibility index (Phi) is 4.94. The number of carboxylic acid groups (broad SMARTS) is 1. The van der Waals surface area contributed by atoms with Crippen LogP contribution in [0.15, 0.2) is 30.3 Å². The molecule has 0 spiro atoms. The molecule has 1 rings (SSSR count). The quantitative estimate of drug-likeness (QED) is 0.808. The van der Waals surface area contributed by atoms with Gasteiger partial charge in [-0.25, -0.2) is 4.79 Å². The minimum absolute atomic E-state index is 0.149. The molecule has 0 bridgehead atoms. The van der Waals surface area contributed by atoms with E-state index in [1.807, 2.05) is 43.1 Å². The van der Waals surface area contributed by atoms with Crippen molar-refractivity contribution in [3.8, 4) is 6.07 Å². The van der Waals surface area contributed by atoms with Gasteiger partial charge in [-0.3, -0.25) is 0 Å². The second kappa shape index (κ2) is 6.45. The maximum Gasteiger partial charge on any atom is 0.328 e. The number of hydrogen-bond acceptors (Lipinski definition) is 3. The standard InChI is InChI=1S/C14H16N2O2/c1-11(9-10-15)16(2)13-6-3-12(4-7-13)5-8-14(17)18/h3-8,11H,9H2,1-2H3,(H,17,18)/b8-5+. The number of nitrogens with zero attached hydrogens (tertiary/aromatic N) is 2. The third-order valence-corrected chi connectivity index (χ3v) is 2.77. The van der Waals surface area contributed by atoms with E-state index in [0.29, 0.717) is 6.42 Å². The van der Waals surface area contributed by atoms with E-state index in [-0.39, 0.29) is 6.04 Å². The van der Waals surface area contributed by atoms with Gasteiger partial charge < -0.3 is 10.0 Å². The van der Waals surface area contributed by atoms with Crippen molar-refractivity contribution in [2.75, 3.05) is 11.9 Å². The van der Waals surface area contributed by atoms with E-state index in [1.54, 1.807) is 6.08 Å². The van der Waals surface area contributed by atoms with Crippen LogP contribution < -0.4 is 4.90 Å². The molecule has 0 saturated carbocycles. The number of anilines is 1. The molecule has 4 heteroatoms. The zero-order valence-electron chi connectivity index (χ0n) is 10.5. The first-order chi connectivity index (χ1) is 8.54. The summed E-state index contributed by atoms with van der Waals surface area (Å²) >= 11 is 0. The summed E-state index contributed by atoms with van der Waals surface area (Å²) in [7, 11) is 1.93. The van der Waals surface area contributed by atoms with Crippen molar-refractivity contribution >= 4 is 17.7 Å². The van der Waals surface area contributed by atoms with E-state index in [9.17, 15) is 4.79 Å². The second-order valence-electron chi connectivity index (χ2n) is 4.09. The van der Waals surface area contributed by atoms with Gasteiger partial charge in [0.25, 0.3) is 0 Å². The lowest BCUT2D eigenvalue weighted by atomic mass is 10.1. The lowest BCUT2D eigenvalue weighted by molar-refractivity contribution is -0.131. The Balaban J connectivity index is 2.77. The molecule has 0 radical (unpaired) electrons. The Hall–Kier alpha value is -2.28. The molecule has 0 saturated heterocycles. The third-order valence-electron chi connectivity index (χ3n) is 2.77. The minimum Gasteiger partial charge on any atom is -0.478 e. The molecule has 1 aromatic carbocycles. The highest BCUT2D eigenvalue weighted by Crippen LogP contribution is 2.17. The molecule has 94 valence electrons. The van der Waals surface area contributed by atoms with Gasteiger partial charge in [0, 0.05) is 24.9 Å². The highest BCUT2D eigenvalue weighted by Gasteiger charge is 2.08. The van der Waals surface area contributed by atoms with E-state index >= 15 is 0 Å². The Morgan fingerprint density at radius 2 is 2.11 bits per heavy atom. The normalized spacial score (nSPS) is 12.1. The monoisotopic (exact) mass is 244 g/mol. The third kappa shape index (κ3) is 3.95. The molecule has 0 amide bonds. The van der Waals surface area contributed by atoms with Crippen molar-refractivity contribution in [1.29, 1.82) is 5.26 Å². The van der Waals surface area contributed by atoms with Gasteiger partial charge in [0.05, 0.1) is 12.5 Å². The van der Waals surface area contributed by atoms with Crippen LogP contribution in [0, 0.1) is 11.3 Å². The van der Waals surface area contributed by atoms with Crippen molar-refractivity contribution in [3.63, 3.8) is 0 Å². The smallest absolute Gasteiger partial charge is 0.328 e. The SMILES string of the molecule is CC(CC#N)N(C)c1ccc(/C=C/C(=O)O)cc1. The Morgan fingerprint density at radius 1 is 1.50 bits per heavy atom. The van der Waals surface area contributed by atoms with Crippen LogP contribution >= 0.6 is 0 Å². The molecule has 1 atom stereocenters. The van der Waals surface area contributed by atoms with Crippen LogP contribution in [0.3, 0.4) is 0 Å². The van der Waals surface area contributed by atoms with Crippen LogP contribution in [0.1, 0.15) is 18.9 Å². The first-order valence-electron chi connectivity index (χ1n) is 5.65. The van der Waals surface area contributed by atoms with E-state index in [4.69, 9.17) is 10.4 Å². The predicted octanol–water partition coefficient (Wildman–Crippen LogP) is 2.52. The summed E-state index contributed by atoms with van der Waals surface area (Å²) in [6, 6.07) is 9.82. The maximum absolute atomic E-state index is 10.4. The van der Waals surface area contributed by atoms with Crippen molar-refractivity contribution < 1.29 is 9.90 Å². The topological polar surface area (TPSA) is 64.3 Å². The fourth-order valence-corrected chi connectivity index (χ4v) is 1.51. The highest BCUT2D eigenvalue weighted by molar-refractivity contribution is 5.85. The Morgan fingerprint density at radius 3 is 2.61 bits per heavy atom. The molecule has 0 fully saturated rings. The van der Waals surface area contributed by atoms with Crippen LogP contribution in [0.4, 0.5) is 5.69 Å². The molecule has 0 heterocycles. The number of aliphatic carboxylic acids is 1. The average Bonchev–Trinajstić information content (AvgIpc) is 2.36. The first kappa shape index (κ1) is 13.8. The molecular weight excluding hydrogens is 228 g/mol. The summed E-state index contributed by atoms with van der Waals surface area (Å²) < 4.78 is 0. The fourth-order valence-electron chi connectivity index (χ4n) is 1.51. The maximum atomic E-state index is 10.4. The van der Waals surface area contributed by atoms with Gasteiger partial charge in [-0.1, -0.05) is 12.1 Å². The van der Waals surface area contributed by atoms with Crippen molar-refractivity contribution in [2.24, 2.45) is 0 Å². The molecule has 1 unspecified atom stereocenters. The molecule has 1 aromatic rings. The molecular formula is C14H16N2O2. The Bertz CT molecular complexity index is 472. The van der Waals surface area contributed by atoms with Crippen molar-refractivity contribution in [1.82, 2.24) is 0 Å². The van der Waals surface area contributed by atoms with Crippen LogP contribution in [0.2, 0.25) is 0 Å². The van der Waals surface area contributed by atoms with Gasteiger partial charge in [-0.15, -0.1) is 0 Å². The molecule has 18 heavy (non-hydrogen) atoms. The van der Waals surface area contributed by atoms with Crippen molar-refractivity contribution in [3.05, 3.63) is 35.9 Å². The molecule has 1 N–H and O–H groups in total. The molecule has 0 aromatic heterocycles. The number of carbonyl (C=O) groups is 1. The van der Waals surface area contributed by atoms with Crippen LogP contribution in [0.25, 0.3) is 6.08 Å². The van der Waals surface area contributed by atoms with Gasteiger partial charge in [0.15, 0.2) is 0 Å². The van der Waals surface area contributed by atoms with Crippen molar-refractivity contribution in [2.45, 2.75) is 19.4 Å². The van der Waals surface area contributed by atoms with Gasteiger partial charge in [-0.05, 0) is 30.7 Å². The number of nitriles is 1. The van der Waals surface area contributed by atoms with Gasteiger partial charge in [0.2, 0.25) is 0 Å². The lowest BCUT2D eigenvalue weighted by Crippen LogP contribution is -2.28.